The molecule has 5 heteroatoms. The summed E-state index contributed by atoms with van der Waals surface area (Å²) in [6.07, 6.45) is 1.66. The van der Waals surface area contributed by atoms with Gasteiger partial charge in [0.15, 0.2) is 0 Å². The van der Waals surface area contributed by atoms with Gasteiger partial charge in [-0.3, -0.25) is 4.79 Å². The number of nitrogens with one attached hydrogen (secondary N) is 1. The summed E-state index contributed by atoms with van der Waals surface area (Å²) in [6, 6.07) is 18.3. The maximum Gasteiger partial charge on any atom is 0.258 e. The molecule has 0 bridgehead atoms. The Morgan fingerprint density at radius 3 is 2.62 bits per heavy atom. The fourth-order valence-electron chi connectivity index (χ4n) is 2.18. The number of hydrogen-bond acceptors (Lipinski definition) is 4. The minimum Gasteiger partial charge on any atom is -0.506 e. The molecule has 3 rings (SSSR count). The van der Waals surface area contributed by atoms with Crippen LogP contribution in [0.4, 0.5) is 5.69 Å². The van der Waals surface area contributed by atoms with Crippen molar-refractivity contribution in [1.29, 1.82) is 0 Å². The molecular formula is C19H16N2O2S. The molecule has 4 nitrogen and oxygen atoms in total. The molecule has 120 valence electrons. The number of phenols is 1. The van der Waals surface area contributed by atoms with Crippen LogP contribution in [-0.4, -0.2) is 16.0 Å². The summed E-state index contributed by atoms with van der Waals surface area (Å²) in [5, 5.41) is 13.3. The van der Waals surface area contributed by atoms with E-state index < -0.39 is 0 Å². The molecule has 1 aromatic heterocycles. The first-order chi connectivity index (χ1) is 11.6. The second kappa shape index (κ2) is 7.19. The van der Waals surface area contributed by atoms with Crippen molar-refractivity contribution in [3.8, 4) is 5.75 Å². The summed E-state index contributed by atoms with van der Waals surface area (Å²) in [6.45, 7) is 1.88. The van der Waals surface area contributed by atoms with Crippen molar-refractivity contribution in [3.63, 3.8) is 0 Å². The van der Waals surface area contributed by atoms with E-state index in [1.54, 1.807) is 30.5 Å². The number of aromatic nitrogens is 1. The van der Waals surface area contributed by atoms with Crippen molar-refractivity contribution < 1.29 is 9.90 Å². The van der Waals surface area contributed by atoms with Crippen LogP contribution in [0.25, 0.3) is 0 Å². The van der Waals surface area contributed by atoms with E-state index in [2.05, 4.69) is 10.3 Å². The molecule has 1 heterocycles. The number of aromatic hydroxyl groups is 1. The summed E-state index contributed by atoms with van der Waals surface area (Å²) in [5.74, 6) is -0.259. The molecule has 2 N–H and O–H groups in total. The van der Waals surface area contributed by atoms with Crippen LogP contribution >= 0.6 is 11.8 Å². The second-order valence-corrected chi connectivity index (χ2v) is 6.31. The fraction of sp³-hybridized carbons (Fsp3) is 0.0526. The molecule has 1 amide bonds. The normalized spacial score (nSPS) is 10.4. The smallest absolute Gasteiger partial charge is 0.258 e. The third kappa shape index (κ3) is 3.75. The Morgan fingerprint density at radius 2 is 1.88 bits per heavy atom. The van der Waals surface area contributed by atoms with Gasteiger partial charge < -0.3 is 10.4 Å². The first-order valence-electron chi connectivity index (χ1n) is 7.42. The van der Waals surface area contributed by atoms with Crippen molar-refractivity contribution in [1.82, 2.24) is 4.98 Å². The van der Waals surface area contributed by atoms with E-state index in [4.69, 9.17) is 0 Å². The summed E-state index contributed by atoms with van der Waals surface area (Å²) in [4.78, 5) is 17.9. The molecule has 0 atom stereocenters. The minimum atomic E-state index is -0.305. The van der Waals surface area contributed by atoms with Crippen LogP contribution in [-0.2, 0) is 0 Å². The molecule has 0 aliphatic carbocycles. The van der Waals surface area contributed by atoms with Crippen LogP contribution in [0.1, 0.15) is 15.9 Å². The molecule has 0 aliphatic rings. The Bertz CT molecular complexity index is 866. The van der Waals surface area contributed by atoms with Gasteiger partial charge in [0, 0.05) is 11.1 Å². The summed E-state index contributed by atoms with van der Waals surface area (Å²) >= 11 is 1.43. The highest BCUT2D eigenvalue weighted by Crippen LogP contribution is 2.30. The average Bonchev–Trinajstić information content (AvgIpc) is 2.59. The van der Waals surface area contributed by atoms with Gasteiger partial charge in [0.2, 0.25) is 0 Å². The Labute approximate surface area is 144 Å². The summed E-state index contributed by atoms with van der Waals surface area (Å²) < 4.78 is 0. The van der Waals surface area contributed by atoms with Crippen molar-refractivity contribution in [2.45, 2.75) is 16.8 Å². The van der Waals surface area contributed by atoms with Gasteiger partial charge in [-0.2, -0.15) is 0 Å². The lowest BCUT2D eigenvalue weighted by atomic mass is 10.2. The zero-order valence-corrected chi connectivity index (χ0v) is 13.9. The number of carbonyl (C=O) groups excluding carboxylic acids is 1. The molecule has 0 saturated carbocycles. The zero-order chi connectivity index (χ0) is 16.9. The quantitative estimate of drug-likeness (QED) is 0.689. The maximum absolute atomic E-state index is 12.6. The molecular weight excluding hydrogens is 320 g/mol. The number of anilines is 1. The van der Waals surface area contributed by atoms with E-state index in [1.807, 2.05) is 43.3 Å². The Balaban J connectivity index is 1.85. The van der Waals surface area contributed by atoms with Crippen molar-refractivity contribution in [3.05, 3.63) is 78.0 Å². The van der Waals surface area contributed by atoms with Crippen molar-refractivity contribution >= 4 is 23.4 Å². The van der Waals surface area contributed by atoms with Gasteiger partial charge in [-0.05, 0) is 48.9 Å². The predicted octanol–water partition coefficient (Wildman–Crippen LogP) is 4.50. The van der Waals surface area contributed by atoms with E-state index in [0.29, 0.717) is 16.3 Å². The first kappa shape index (κ1) is 16.1. The van der Waals surface area contributed by atoms with Gasteiger partial charge in [0.25, 0.3) is 5.91 Å². The minimum absolute atomic E-state index is 0.0458. The molecule has 0 unspecified atom stereocenters. The molecule has 0 spiro atoms. The Kier molecular flexibility index (Phi) is 4.82. The summed E-state index contributed by atoms with van der Waals surface area (Å²) in [7, 11) is 0. The largest absolute Gasteiger partial charge is 0.506 e. The van der Waals surface area contributed by atoms with E-state index in [0.717, 1.165) is 10.5 Å². The highest BCUT2D eigenvalue weighted by molar-refractivity contribution is 7.99. The standard InChI is InChI=1S/C19H16N2O2S/c1-13-9-10-16(17(22)12-13)21-18(23)15-8-5-11-20-19(15)24-14-6-3-2-4-7-14/h2-12,22H,1H3,(H,21,23). The van der Waals surface area contributed by atoms with Gasteiger partial charge >= 0.3 is 0 Å². The number of amides is 1. The van der Waals surface area contributed by atoms with Crippen LogP contribution in [0.2, 0.25) is 0 Å². The molecule has 3 aromatic rings. The topological polar surface area (TPSA) is 62.2 Å². The van der Waals surface area contributed by atoms with Crippen LogP contribution in [0.15, 0.2) is 76.8 Å². The monoisotopic (exact) mass is 336 g/mol. The highest BCUT2D eigenvalue weighted by atomic mass is 32.2. The molecule has 0 aliphatic heterocycles. The van der Waals surface area contributed by atoms with Crippen LogP contribution in [0.3, 0.4) is 0 Å². The van der Waals surface area contributed by atoms with Gasteiger partial charge in [-0.15, -0.1) is 0 Å². The van der Waals surface area contributed by atoms with Crippen LogP contribution in [0.5, 0.6) is 5.75 Å². The number of pyridine rings is 1. The van der Waals surface area contributed by atoms with Gasteiger partial charge in [-0.25, -0.2) is 4.98 Å². The lowest BCUT2D eigenvalue weighted by Gasteiger charge is -2.10. The SMILES string of the molecule is Cc1ccc(NC(=O)c2cccnc2Sc2ccccc2)c(O)c1. The van der Waals surface area contributed by atoms with Gasteiger partial charge in [0.1, 0.15) is 10.8 Å². The molecule has 2 aromatic carbocycles. The van der Waals surface area contributed by atoms with Gasteiger partial charge in [-0.1, -0.05) is 36.0 Å². The Morgan fingerprint density at radius 1 is 1.08 bits per heavy atom. The molecule has 0 saturated heterocycles. The van der Waals surface area contributed by atoms with E-state index >= 15 is 0 Å². The number of benzene rings is 2. The number of rotatable bonds is 4. The van der Waals surface area contributed by atoms with E-state index in [1.165, 1.54) is 11.8 Å². The third-order valence-electron chi connectivity index (χ3n) is 3.37. The number of aryl methyl sites for hydroxylation is 1. The number of carbonyl (C=O) groups is 1. The third-order valence-corrected chi connectivity index (χ3v) is 4.40. The van der Waals surface area contributed by atoms with Crippen LogP contribution in [0, 0.1) is 6.92 Å². The number of nitrogens with zero attached hydrogens (tertiary/aromatic N) is 1. The fourth-order valence-corrected chi connectivity index (χ4v) is 3.08. The number of hydrogen-bond donors (Lipinski definition) is 2. The van der Waals surface area contributed by atoms with Crippen molar-refractivity contribution in [2.24, 2.45) is 0 Å². The lowest BCUT2D eigenvalue weighted by Crippen LogP contribution is -2.13. The Hall–Kier alpha value is -2.79. The van der Waals surface area contributed by atoms with E-state index in [9.17, 15) is 9.90 Å². The average molecular weight is 336 g/mol. The predicted molar refractivity (Wildman–Crippen MR) is 95.6 cm³/mol. The summed E-state index contributed by atoms with van der Waals surface area (Å²) in [5.41, 5.74) is 1.77. The van der Waals surface area contributed by atoms with E-state index in [-0.39, 0.29) is 11.7 Å². The van der Waals surface area contributed by atoms with Crippen LogP contribution < -0.4 is 5.32 Å². The highest BCUT2D eigenvalue weighted by Gasteiger charge is 2.15. The molecule has 0 radical (unpaired) electrons. The first-order valence-corrected chi connectivity index (χ1v) is 8.24. The maximum atomic E-state index is 12.6. The molecule has 24 heavy (non-hydrogen) atoms. The van der Waals surface area contributed by atoms with Gasteiger partial charge in [0.05, 0.1) is 11.3 Å². The second-order valence-electron chi connectivity index (χ2n) is 5.25. The molecule has 0 fully saturated rings. The number of phenolic OH excluding ortho intramolecular Hbond substituents is 1. The zero-order valence-electron chi connectivity index (χ0n) is 13.1. The van der Waals surface area contributed by atoms with Crippen molar-refractivity contribution in [2.75, 3.05) is 5.32 Å². The lowest BCUT2D eigenvalue weighted by molar-refractivity contribution is 0.102.